The van der Waals surface area contributed by atoms with Crippen molar-refractivity contribution in [3.8, 4) is 11.5 Å². The second kappa shape index (κ2) is 8.87. The lowest BCUT2D eigenvalue weighted by atomic mass is 9.83. The van der Waals surface area contributed by atoms with E-state index in [0.29, 0.717) is 25.5 Å². The minimum Gasteiger partial charge on any atom is -0.486 e. The number of benzene rings is 2. The molecule has 0 aliphatic carbocycles. The standard InChI is InChI=1S/C24H32N2O3/c1-6-17-7-9-18(10-8-17)20(26(4)5)16-25-23(27)24(2,3)19-11-12-21-22(15-19)29-14-13-28-21/h7-12,15,20H,6,13-14,16H2,1-5H3,(H,25,27). The van der Waals surface area contributed by atoms with E-state index in [2.05, 4.69) is 41.4 Å². The summed E-state index contributed by atoms with van der Waals surface area (Å²) in [6, 6.07) is 14.5. The van der Waals surface area contributed by atoms with Crippen LogP contribution in [0.5, 0.6) is 11.5 Å². The van der Waals surface area contributed by atoms with Gasteiger partial charge in [0.15, 0.2) is 11.5 Å². The number of hydrogen-bond donors (Lipinski definition) is 1. The van der Waals surface area contributed by atoms with E-state index in [4.69, 9.17) is 9.47 Å². The smallest absolute Gasteiger partial charge is 0.230 e. The van der Waals surface area contributed by atoms with Crippen molar-refractivity contribution in [3.05, 3.63) is 59.2 Å². The molecule has 1 heterocycles. The molecule has 1 aliphatic heterocycles. The number of carbonyl (C=O) groups excluding carboxylic acids is 1. The number of hydrogen-bond acceptors (Lipinski definition) is 4. The van der Waals surface area contributed by atoms with Gasteiger partial charge in [-0.3, -0.25) is 4.79 Å². The largest absolute Gasteiger partial charge is 0.486 e. The van der Waals surface area contributed by atoms with Crippen LogP contribution in [0.15, 0.2) is 42.5 Å². The maximum absolute atomic E-state index is 13.1. The second-order valence-corrected chi connectivity index (χ2v) is 8.27. The Kier molecular flexibility index (Phi) is 6.48. The minimum atomic E-state index is -0.682. The Balaban J connectivity index is 1.71. The molecule has 156 valence electrons. The van der Waals surface area contributed by atoms with E-state index in [-0.39, 0.29) is 11.9 Å². The highest BCUT2D eigenvalue weighted by Gasteiger charge is 2.31. The molecule has 29 heavy (non-hydrogen) atoms. The van der Waals surface area contributed by atoms with Crippen LogP contribution in [0.1, 0.15) is 43.5 Å². The van der Waals surface area contributed by atoms with E-state index >= 15 is 0 Å². The summed E-state index contributed by atoms with van der Waals surface area (Å²) in [5.41, 5.74) is 2.74. The predicted molar refractivity (Wildman–Crippen MR) is 116 cm³/mol. The van der Waals surface area contributed by atoms with Crippen LogP contribution >= 0.6 is 0 Å². The van der Waals surface area contributed by atoms with Crippen molar-refractivity contribution >= 4 is 5.91 Å². The maximum atomic E-state index is 13.1. The fourth-order valence-electron chi connectivity index (χ4n) is 3.55. The molecule has 5 nitrogen and oxygen atoms in total. The van der Waals surface area contributed by atoms with Gasteiger partial charge in [-0.2, -0.15) is 0 Å². The van der Waals surface area contributed by atoms with Crippen molar-refractivity contribution < 1.29 is 14.3 Å². The molecule has 3 rings (SSSR count). The zero-order chi connectivity index (χ0) is 21.0. The highest BCUT2D eigenvalue weighted by molar-refractivity contribution is 5.87. The van der Waals surface area contributed by atoms with E-state index in [9.17, 15) is 4.79 Å². The molecule has 0 saturated carbocycles. The van der Waals surface area contributed by atoms with Crippen molar-refractivity contribution in [2.45, 2.75) is 38.6 Å². The summed E-state index contributed by atoms with van der Waals surface area (Å²) < 4.78 is 11.3. The third kappa shape index (κ3) is 4.73. The lowest BCUT2D eigenvalue weighted by Crippen LogP contribution is -2.43. The maximum Gasteiger partial charge on any atom is 0.230 e. The zero-order valence-corrected chi connectivity index (χ0v) is 18.1. The molecule has 1 N–H and O–H groups in total. The monoisotopic (exact) mass is 396 g/mol. The van der Waals surface area contributed by atoms with Crippen molar-refractivity contribution in [2.24, 2.45) is 0 Å². The van der Waals surface area contributed by atoms with Crippen LogP contribution in [0.25, 0.3) is 0 Å². The van der Waals surface area contributed by atoms with Gasteiger partial charge in [0, 0.05) is 6.54 Å². The summed E-state index contributed by atoms with van der Waals surface area (Å²) in [6.45, 7) is 7.67. The Morgan fingerprint density at radius 2 is 1.72 bits per heavy atom. The predicted octanol–water partition coefficient (Wildman–Crippen LogP) is 3.72. The molecule has 0 spiro atoms. The van der Waals surface area contributed by atoms with Crippen molar-refractivity contribution in [1.82, 2.24) is 10.2 Å². The van der Waals surface area contributed by atoms with Crippen LogP contribution in [-0.2, 0) is 16.6 Å². The molecule has 5 heteroatoms. The van der Waals surface area contributed by atoms with Crippen LogP contribution in [0.2, 0.25) is 0 Å². The van der Waals surface area contributed by atoms with Crippen LogP contribution in [0.4, 0.5) is 0 Å². The van der Waals surface area contributed by atoms with Gasteiger partial charge < -0.3 is 19.7 Å². The summed E-state index contributed by atoms with van der Waals surface area (Å²) in [5, 5.41) is 3.16. The van der Waals surface area contributed by atoms with Crippen molar-refractivity contribution in [1.29, 1.82) is 0 Å². The lowest BCUT2D eigenvalue weighted by molar-refractivity contribution is -0.125. The van der Waals surface area contributed by atoms with Crippen molar-refractivity contribution in [2.75, 3.05) is 33.9 Å². The van der Waals surface area contributed by atoms with E-state index in [1.807, 2.05) is 46.1 Å². The molecule has 1 atom stereocenters. The molecule has 0 fully saturated rings. The Bertz CT molecular complexity index is 844. The summed E-state index contributed by atoms with van der Waals surface area (Å²) in [7, 11) is 4.08. The first-order chi connectivity index (χ1) is 13.8. The molecule has 1 unspecified atom stereocenters. The first-order valence-corrected chi connectivity index (χ1v) is 10.3. The summed E-state index contributed by atoms with van der Waals surface area (Å²) in [4.78, 5) is 15.2. The van der Waals surface area contributed by atoms with Gasteiger partial charge in [0.1, 0.15) is 13.2 Å². The van der Waals surface area contributed by atoms with Crippen molar-refractivity contribution in [3.63, 3.8) is 0 Å². The quantitative estimate of drug-likeness (QED) is 0.775. The van der Waals surface area contributed by atoms with Gasteiger partial charge in [0.25, 0.3) is 0 Å². The number of nitrogens with one attached hydrogen (secondary N) is 1. The molecule has 2 aromatic rings. The van der Waals surface area contributed by atoms with E-state index in [1.54, 1.807) is 0 Å². The van der Waals surface area contributed by atoms with Gasteiger partial charge in [-0.15, -0.1) is 0 Å². The average Bonchev–Trinajstić information content (AvgIpc) is 2.73. The topological polar surface area (TPSA) is 50.8 Å². The number of fused-ring (bicyclic) bond motifs is 1. The summed E-state index contributed by atoms with van der Waals surface area (Å²) in [5.74, 6) is 1.43. The first-order valence-electron chi connectivity index (χ1n) is 10.3. The summed E-state index contributed by atoms with van der Waals surface area (Å²) in [6.07, 6.45) is 1.02. The fourth-order valence-corrected chi connectivity index (χ4v) is 3.55. The molecule has 0 radical (unpaired) electrons. The third-order valence-corrected chi connectivity index (χ3v) is 5.68. The molecule has 0 bridgehead atoms. The van der Waals surface area contributed by atoms with Crippen LogP contribution in [0.3, 0.4) is 0 Å². The van der Waals surface area contributed by atoms with E-state index < -0.39 is 5.41 Å². The Hall–Kier alpha value is -2.53. The normalized spacial score (nSPS) is 14.6. The molecular formula is C24H32N2O3. The Morgan fingerprint density at radius 3 is 2.34 bits per heavy atom. The van der Waals surface area contributed by atoms with Crippen LogP contribution in [0, 0.1) is 0 Å². The van der Waals surface area contributed by atoms with Gasteiger partial charge in [-0.25, -0.2) is 0 Å². The number of ether oxygens (including phenoxy) is 2. The number of carbonyl (C=O) groups is 1. The van der Waals surface area contributed by atoms with E-state index in [0.717, 1.165) is 17.7 Å². The number of rotatable bonds is 7. The molecule has 1 aliphatic rings. The van der Waals surface area contributed by atoms with E-state index in [1.165, 1.54) is 11.1 Å². The lowest BCUT2D eigenvalue weighted by Gasteiger charge is -2.29. The molecule has 0 saturated heterocycles. The number of amides is 1. The fraction of sp³-hybridized carbons (Fsp3) is 0.458. The van der Waals surface area contributed by atoms with Gasteiger partial charge in [-0.1, -0.05) is 37.3 Å². The highest BCUT2D eigenvalue weighted by Crippen LogP contribution is 2.35. The zero-order valence-electron chi connectivity index (χ0n) is 18.1. The molecule has 1 amide bonds. The van der Waals surface area contributed by atoms with Crippen LogP contribution in [-0.4, -0.2) is 44.7 Å². The minimum absolute atomic E-state index is 0.00814. The third-order valence-electron chi connectivity index (χ3n) is 5.68. The highest BCUT2D eigenvalue weighted by atomic mass is 16.6. The van der Waals surface area contributed by atoms with Gasteiger partial charge >= 0.3 is 0 Å². The number of likely N-dealkylation sites (N-methyl/N-ethyl adjacent to an activating group) is 1. The number of aryl methyl sites for hydroxylation is 1. The SMILES string of the molecule is CCc1ccc(C(CNC(=O)C(C)(C)c2ccc3c(c2)OCCO3)N(C)C)cc1. The van der Waals surface area contributed by atoms with Gasteiger partial charge in [0.2, 0.25) is 5.91 Å². The molecular weight excluding hydrogens is 364 g/mol. The first kappa shape index (κ1) is 21.2. The molecule has 0 aromatic heterocycles. The average molecular weight is 397 g/mol. The Morgan fingerprint density at radius 1 is 1.07 bits per heavy atom. The van der Waals surface area contributed by atoms with Crippen LogP contribution < -0.4 is 14.8 Å². The summed E-state index contributed by atoms with van der Waals surface area (Å²) >= 11 is 0. The van der Waals surface area contributed by atoms with Gasteiger partial charge in [-0.05, 0) is 63.2 Å². The number of nitrogens with zero attached hydrogens (tertiary/aromatic N) is 1. The van der Waals surface area contributed by atoms with Gasteiger partial charge in [0.05, 0.1) is 11.5 Å². The Labute approximate surface area is 174 Å². The second-order valence-electron chi connectivity index (χ2n) is 8.27. The molecule has 2 aromatic carbocycles.